The van der Waals surface area contributed by atoms with Gasteiger partial charge in [0.25, 0.3) is 0 Å². The number of rotatable bonds is 3. The van der Waals surface area contributed by atoms with Crippen molar-refractivity contribution in [3.05, 3.63) is 36.3 Å². The van der Waals surface area contributed by atoms with Crippen molar-refractivity contribution in [3.8, 4) is 0 Å². The zero-order valence-corrected chi connectivity index (χ0v) is 12.8. The van der Waals surface area contributed by atoms with Gasteiger partial charge in [-0.2, -0.15) is 0 Å². The fraction of sp³-hybridized carbons (Fsp3) is 0.471. The molecule has 2 aliphatic rings. The van der Waals surface area contributed by atoms with Gasteiger partial charge in [0.2, 0.25) is 5.91 Å². The minimum absolute atomic E-state index is 0.123. The highest BCUT2D eigenvalue weighted by Gasteiger charge is 2.49. The summed E-state index contributed by atoms with van der Waals surface area (Å²) in [6.45, 7) is 0.577. The standard InChI is InChI=1S/C17H19N3O3/c21-15(8-12-10-19-7-2-1-6-14(19)18-12)20-9-11-4-3-5-13(11)16(20)17(22)23/h1-2,6-7,10-11,13,16H,3-5,8-9H2,(H,22,23). The van der Waals surface area contributed by atoms with Crippen molar-refractivity contribution in [2.75, 3.05) is 6.54 Å². The third-order valence-corrected chi connectivity index (χ3v) is 5.21. The van der Waals surface area contributed by atoms with Gasteiger partial charge < -0.3 is 14.4 Å². The van der Waals surface area contributed by atoms with Crippen LogP contribution in [0.4, 0.5) is 0 Å². The first kappa shape index (κ1) is 14.2. The minimum atomic E-state index is -0.872. The Kier molecular flexibility index (Phi) is 3.32. The monoisotopic (exact) mass is 313 g/mol. The molecule has 0 aromatic carbocycles. The molecular formula is C17H19N3O3. The van der Waals surface area contributed by atoms with Crippen molar-refractivity contribution in [1.82, 2.24) is 14.3 Å². The highest BCUT2D eigenvalue weighted by Crippen LogP contribution is 2.42. The van der Waals surface area contributed by atoms with Gasteiger partial charge in [0, 0.05) is 18.9 Å². The predicted molar refractivity (Wildman–Crippen MR) is 82.9 cm³/mol. The van der Waals surface area contributed by atoms with E-state index in [-0.39, 0.29) is 18.2 Å². The SMILES string of the molecule is O=C(O)C1C2CCCC2CN1C(=O)Cc1cn2ccccc2n1. The van der Waals surface area contributed by atoms with E-state index in [2.05, 4.69) is 4.98 Å². The largest absolute Gasteiger partial charge is 0.480 e. The number of fused-ring (bicyclic) bond motifs is 2. The third kappa shape index (κ3) is 2.38. The van der Waals surface area contributed by atoms with Crippen LogP contribution in [0, 0.1) is 11.8 Å². The first-order chi connectivity index (χ1) is 11.1. The van der Waals surface area contributed by atoms with E-state index in [4.69, 9.17) is 0 Å². The van der Waals surface area contributed by atoms with Crippen molar-refractivity contribution in [2.24, 2.45) is 11.8 Å². The Morgan fingerprint density at radius 1 is 1.30 bits per heavy atom. The molecule has 1 amide bonds. The molecule has 1 aliphatic carbocycles. The number of carbonyl (C=O) groups is 2. The molecule has 1 saturated carbocycles. The number of likely N-dealkylation sites (tertiary alicyclic amines) is 1. The predicted octanol–water partition coefficient (Wildman–Crippen LogP) is 1.59. The molecular weight excluding hydrogens is 294 g/mol. The number of amides is 1. The van der Waals surface area contributed by atoms with Gasteiger partial charge in [0.1, 0.15) is 11.7 Å². The van der Waals surface area contributed by atoms with Crippen LogP contribution in [-0.4, -0.2) is 43.9 Å². The number of aliphatic carboxylic acids is 1. The van der Waals surface area contributed by atoms with Crippen molar-refractivity contribution in [3.63, 3.8) is 0 Å². The van der Waals surface area contributed by atoms with E-state index in [1.54, 1.807) is 4.90 Å². The summed E-state index contributed by atoms with van der Waals surface area (Å²) < 4.78 is 1.87. The number of imidazole rings is 1. The Labute approximate surface area is 133 Å². The normalized spacial score (nSPS) is 26.6. The molecule has 2 aromatic rings. The number of carbonyl (C=O) groups excluding carboxylic acids is 1. The lowest BCUT2D eigenvalue weighted by Gasteiger charge is -2.24. The lowest BCUT2D eigenvalue weighted by Crippen LogP contribution is -2.44. The average Bonchev–Trinajstić information content (AvgIpc) is 3.18. The van der Waals surface area contributed by atoms with Crippen LogP contribution in [0.15, 0.2) is 30.6 Å². The molecule has 6 nitrogen and oxygen atoms in total. The molecule has 0 radical (unpaired) electrons. The van der Waals surface area contributed by atoms with Crippen molar-refractivity contribution in [1.29, 1.82) is 0 Å². The van der Waals surface area contributed by atoms with Crippen LogP contribution in [-0.2, 0) is 16.0 Å². The number of carboxylic acids is 1. The second kappa shape index (κ2) is 5.37. The van der Waals surface area contributed by atoms with Crippen LogP contribution >= 0.6 is 0 Å². The molecule has 120 valence electrons. The summed E-state index contributed by atoms with van der Waals surface area (Å²) in [6.07, 6.45) is 6.90. The van der Waals surface area contributed by atoms with Gasteiger partial charge in [-0.3, -0.25) is 4.79 Å². The topological polar surface area (TPSA) is 74.9 Å². The van der Waals surface area contributed by atoms with E-state index >= 15 is 0 Å². The molecule has 6 heteroatoms. The molecule has 4 rings (SSSR count). The number of nitrogens with zero attached hydrogens (tertiary/aromatic N) is 3. The molecule has 2 fully saturated rings. The van der Waals surface area contributed by atoms with Crippen LogP contribution in [0.5, 0.6) is 0 Å². The molecule has 3 unspecified atom stereocenters. The Morgan fingerprint density at radius 2 is 2.17 bits per heavy atom. The van der Waals surface area contributed by atoms with E-state index < -0.39 is 12.0 Å². The Balaban J connectivity index is 1.55. The second-order valence-corrected chi connectivity index (χ2v) is 6.56. The number of aromatic nitrogens is 2. The molecule has 23 heavy (non-hydrogen) atoms. The van der Waals surface area contributed by atoms with E-state index in [9.17, 15) is 14.7 Å². The number of pyridine rings is 1. The van der Waals surface area contributed by atoms with Crippen LogP contribution in [0.3, 0.4) is 0 Å². The summed E-state index contributed by atoms with van der Waals surface area (Å²) in [6, 6.07) is 5.03. The smallest absolute Gasteiger partial charge is 0.326 e. The van der Waals surface area contributed by atoms with E-state index in [1.807, 2.05) is 35.0 Å². The molecule has 3 atom stereocenters. The summed E-state index contributed by atoms with van der Waals surface area (Å²) in [5.74, 6) is -0.531. The van der Waals surface area contributed by atoms with Gasteiger partial charge in [-0.25, -0.2) is 9.78 Å². The van der Waals surface area contributed by atoms with Gasteiger partial charge in [0.05, 0.1) is 12.1 Å². The lowest BCUT2D eigenvalue weighted by atomic mass is 9.94. The fourth-order valence-electron chi connectivity index (χ4n) is 4.21. The van der Waals surface area contributed by atoms with Gasteiger partial charge in [-0.15, -0.1) is 0 Å². The lowest BCUT2D eigenvalue weighted by molar-refractivity contribution is -0.149. The Bertz CT molecular complexity index is 736. The van der Waals surface area contributed by atoms with E-state index in [0.29, 0.717) is 18.2 Å². The average molecular weight is 313 g/mol. The first-order valence-electron chi connectivity index (χ1n) is 8.08. The van der Waals surface area contributed by atoms with Gasteiger partial charge >= 0.3 is 5.97 Å². The van der Waals surface area contributed by atoms with Crippen LogP contribution in [0.2, 0.25) is 0 Å². The summed E-state index contributed by atoms with van der Waals surface area (Å²) in [5.41, 5.74) is 1.48. The van der Waals surface area contributed by atoms with Crippen molar-refractivity contribution < 1.29 is 14.7 Å². The second-order valence-electron chi connectivity index (χ2n) is 6.56. The zero-order chi connectivity index (χ0) is 16.0. The van der Waals surface area contributed by atoms with Gasteiger partial charge in [0.15, 0.2) is 0 Å². The zero-order valence-electron chi connectivity index (χ0n) is 12.8. The van der Waals surface area contributed by atoms with Gasteiger partial charge in [-0.05, 0) is 36.8 Å². The third-order valence-electron chi connectivity index (χ3n) is 5.21. The molecule has 1 N–H and O–H groups in total. The molecule has 0 spiro atoms. The van der Waals surface area contributed by atoms with Crippen LogP contribution in [0.25, 0.3) is 5.65 Å². The maximum Gasteiger partial charge on any atom is 0.326 e. The maximum absolute atomic E-state index is 12.7. The minimum Gasteiger partial charge on any atom is -0.480 e. The summed E-state index contributed by atoms with van der Waals surface area (Å²) in [5, 5.41) is 9.55. The van der Waals surface area contributed by atoms with Gasteiger partial charge in [-0.1, -0.05) is 12.5 Å². The molecule has 0 bridgehead atoms. The molecule has 2 aromatic heterocycles. The highest BCUT2D eigenvalue weighted by molar-refractivity contribution is 5.86. The Hall–Kier alpha value is -2.37. The number of hydrogen-bond acceptors (Lipinski definition) is 3. The van der Waals surface area contributed by atoms with Crippen molar-refractivity contribution >= 4 is 17.5 Å². The van der Waals surface area contributed by atoms with E-state index in [0.717, 1.165) is 24.9 Å². The Morgan fingerprint density at radius 3 is 2.96 bits per heavy atom. The van der Waals surface area contributed by atoms with Crippen molar-refractivity contribution in [2.45, 2.75) is 31.7 Å². The number of hydrogen-bond donors (Lipinski definition) is 1. The summed E-state index contributed by atoms with van der Waals surface area (Å²) in [4.78, 5) is 30.3. The van der Waals surface area contributed by atoms with Crippen LogP contribution in [0.1, 0.15) is 25.0 Å². The first-order valence-corrected chi connectivity index (χ1v) is 8.08. The quantitative estimate of drug-likeness (QED) is 0.934. The molecule has 1 saturated heterocycles. The summed E-state index contributed by atoms with van der Waals surface area (Å²) >= 11 is 0. The fourth-order valence-corrected chi connectivity index (χ4v) is 4.21. The number of carboxylic acid groups (broad SMARTS) is 1. The maximum atomic E-state index is 12.7. The molecule has 1 aliphatic heterocycles. The van der Waals surface area contributed by atoms with E-state index in [1.165, 1.54) is 0 Å². The van der Waals surface area contributed by atoms with Crippen LogP contribution < -0.4 is 0 Å². The molecule has 3 heterocycles. The highest BCUT2D eigenvalue weighted by atomic mass is 16.4. The summed E-state index contributed by atoms with van der Waals surface area (Å²) in [7, 11) is 0.